The lowest BCUT2D eigenvalue weighted by molar-refractivity contribution is -0.134. The Labute approximate surface area is 168 Å². The topological polar surface area (TPSA) is 55.2 Å². The van der Waals surface area contributed by atoms with Crippen molar-refractivity contribution in [1.82, 2.24) is 14.5 Å². The van der Waals surface area contributed by atoms with Crippen molar-refractivity contribution in [3.8, 4) is 0 Å². The zero-order valence-corrected chi connectivity index (χ0v) is 16.5. The summed E-state index contributed by atoms with van der Waals surface area (Å²) in [6.07, 6.45) is 3.86. The van der Waals surface area contributed by atoms with Crippen LogP contribution in [-0.2, 0) is 11.3 Å². The van der Waals surface area contributed by atoms with Gasteiger partial charge in [0, 0.05) is 24.0 Å². The van der Waals surface area contributed by atoms with Crippen LogP contribution < -0.4 is 5.56 Å². The van der Waals surface area contributed by atoms with Gasteiger partial charge in [-0.25, -0.2) is 4.98 Å². The number of carbonyl (C=O) groups excluding carboxylic acids is 1. The minimum atomic E-state index is -0.109. The van der Waals surface area contributed by atoms with Crippen molar-refractivity contribution in [3.63, 3.8) is 0 Å². The minimum Gasteiger partial charge on any atom is -0.333 e. The number of fused-ring (bicyclic) bond motifs is 1. The van der Waals surface area contributed by atoms with Crippen molar-refractivity contribution in [2.75, 3.05) is 0 Å². The van der Waals surface area contributed by atoms with E-state index in [1.807, 2.05) is 54.3 Å². The molecule has 1 aliphatic carbocycles. The maximum atomic E-state index is 13.0. The van der Waals surface area contributed by atoms with Gasteiger partial charge in [0.1, 0.15) is 0 Å². The summed E-state index contributed by atoms with van der Waals surface area (Å²) in [4.78, 5) is 31.9. The van der Waals surface area contributed by atoms with Gasteiger partial charge >= 0.3 is 0 Å². The van der Waals surface area contributed by atoms with Crippen LogP contribution >= 0.6 is 11.6 Å². The second-order valence-electron chi connectivity index (χ2n) is 7.27. The number of hydrogen-bond donors (Lipinski definition) is 0. The predicted octanol–water partition coefficient (Wildman–Crippen LogP) is 4.19. The van der Waals surface area contributed by atoms with Crippen LogP contribution in [0.3, 0.4) is 0 Å². The molecule has 0 saturated heterocycles. The molecule has 0 bridgehead atoms. The third-order valence-corrected chi connectivity index (χ3v) is 5.55. The van der Waals surface area contributed by atoms with Gasteiger partial charge in [0.25, 0.3) is 5.56 Å². The highest BCUT2D eigenvalue weighted by atomic mass is 35.5. The number of hydrogen-bond acceptors (Lipinski definition) is 3. The average molecular weight is 396 g/mol. The molecule has 1 aromatic heterocycles. The highest BCUT2D eigenvalue weighted by molar-refractivity contribution is 6.30. The quantitative estimate of drug-likeness (QED) is 0.628. The molecule has 1 aliphatic rings. The second kappa shape index (κ2) is 7.76. The number of benzene rings is 2. The molecule has 6 heteroatoms. The second-order valence-corrected chi connectivity index (χ2v) is 7.71. The molecule has 5 nitrogen and oxygen atoms in total. The van der Waals surface area contributed by atoms with Gasteiger partial charge in [-0.1, -0.05) is 35.9 Å². The Hall–Kier alpha value is -2.66. The van der Waals surface area contributed by atoms with Gasteiger partial charge in [-0.2, -0.15) is 0 Å². The van der Waals surface area contributed by atoms with Gasteiger partial charge in [-0.15, -0.1) is 0 Å². The first kappa shape index (κ1) is 18.7. The van der Waals surface area contributed by atoms with Crippen molar-refractivity contribution in [2.24, 2.45) is 0 Å². The molecule has 1 unspecified atom stereocenters. The van der Waals surface area contributed by atoms with Crippen LogP contribution in [0.2, 0.25) is 5.02 Å². The van der Waals surface area contributed by atoms with Crippen LogP contribution in [0.15, 0.2) is 59.7 Å². The number of amides is 1. The monoisotopic (exact) mass is 395 g/mol. The maximum absolute atomic E-state index is 13.0. The van der Waals surface area contributed by atoms with Gasteiger partial charge in [0.15, 0.2) is 0 Å². The lowest BCUT2D eigenvalue weighted by Gasteiger charge is -2.30. The summed E-state index contributed by atoms with van der Waals surface area (Å²) >= 11 is 5.99. The van der Waals surface area contributed by atoms with Gasteiger partial charge in [-0.05, 0) is 49.6 Å². The summed E-state index contributed by atoms with van der Waals surface area (Å²) < 4.78 is 1.53. The van der Waals surface area contributed by atoms with E-state index in [2.05, 4.69) is 4.98 Å². The molecular weight excluding hydrogens is 374 g/mol. The number of rotatable bonds is 6. The van der Waals surface area contributed by atoms with Crippen molar-refractivity contribution in [1.29, 1.82) is 0 Å². The van der Waals surface area contributed by atoms with E-state index in [0.717, 1.165) is 18.4 Å². The van der Waals surface area contributed by atoms with Gasteiger partial charge in [-0.3, -0.25) is 14.2 Å². The molecular formula is C22H22ClN3O2. The Balaban J connectivity index is 1.50. The summed E-state index contributed by atoms with van der Waals surface area (Å²) in [5.74, 6) is 0.0602. The Morgan fingerprint density at radius 3 is 2.64 bits per heavy atom. The van der Waals surface area contributed by atoms with Crippen LogP contribution in [0.4, 0.5) is 0 Å². The molecule has 3 aromatic rings. The fraction of sp³-hybridized carbons (Fsp3) is 0.318. The number of para-hydroxylation sites is 1. The summed E-state index contributed by atoms with van der Waals surface area (Å²) in [6, 6.07) is 15.1. The smallest absolute Gasteiger partial charge is 0.261 e. The molecule has 4 rings (SSSR count). The zero-order valence-electron chi connectivity index (χ0n) is 15.7. The molecule has 1 atom stereocenters. The van der Waals surface area contributed by atoms with Crippen LogP contribution in [-0.4, -0.2) is 26.4 Å². The van der Waals surface area contributed by atoms with E-state index >= 15 is 0 Å². The molecule has 144 valence electrons. The molecule has 28 heavy (non-hydrogen) atoms. The molecule has 0 N–H and O–H groups in total. The van der Waals surface area contributed by atoms with Crippen molar-refractivity contribution >= 4 is 28.4 Å². The normalized spacial score (nSPS) is 14.8. The SMILES string of the molecule is CC(c1ccc(Cl)cc1)N(C(=O)CCn1cnc2ccccc2c1=O)C1CC1. The molecule has 1 heterocycles. The summed E-state index contributed by atoms with van der Waals surface area (Å²) in [7, 11) is 0. The van der Waals surface area contributed by atoms with Crippen molar-refractivity contribution < 1.29 is 4.79 Å². The first-order chi connectivity index (χ1) is 13.5. The maximum Gasteiger partial charge on any atom is 0.261 e. The van der Waals surface area contributed by atoms with Gasteiger partial charge < -0.3 is 4.90 Å². The third kappa shape index (κ3) is 3.80. The summed E-state index contributed by atoms with van der Waals surface area (Å²) in [5.41, 5.74) is 1.63. The van der Waals surface area contributed by atoms with E-state index in [-0.39, 0.29) is 30.0 Å². The van der Waals surface area contributed by atoms with E-state index in [9.17, 15) is 9.59 Å². The minimum absolute atomic E-state index is 0.0243. The third-order valence-electron chi connectivity index (χ3n) is 5.30. The summed E-state index contributed by atoms with van der Waals surface area (Å²) in [6.45, 7) is 2.37. The van der Waals surface area contributed by atoms with E-state index in [1.165, 1.54) is 10.9 Å². The summed E-state index contributed by atoms with van der Waals surface area (Å²) in [5, 5.41) is 1.26. The fourth-order valence-electron chi connectivity index (χ4n) is 3.60. The average Bonchev–Trinajstić information content (AvgIpc) is 3.53. The van der Waals surface area contributed by atoms with E-state index in [1.54, 1.807) is 6.07 Å². The lowest BCUT2D eigenvalue weighted by atomic mass is 10.1. The Kier molecular flexibility index (Phi) is 5.18. The Bertz CT molecular complexity index is 1060. The molecule has 0 aliphatic heterocycles. The zero-order chi connectivity index (χ0) is 19.7. The largest absolute Gasteiger partial charge is 0.333 e. The van der Waals surface area contributed by atoms with Crippen LogP contribution in [0.1, 0.15) is 37.8 Å². The lowest BCUT2D eigenvalue weighted by Crippen LogP contribution is -2.36. The predicted molar refractivity (Wildman–Crippen MR) is 110 cm³/mol. The van der Waals surface area contributed by atoms with Crippen LogP contribution in [0, 0.1) is 0 Å². The molecule has 0 radical (unpaired) electrons. The van der Waals surface area contributed by atoms with E-state index in [0.29, 0.717) is 22.5 Å². The molecule has 0 spiro atoms. The highest BCUT2D eigenvalue weighted by Gasteiger charge is 2.35. The first-order valence-electron chi connectivity index (χ1n) is 9.55. The van der Waals surface area contributed by atoms with Crippen LogP contribution in [0.5, 0.6) is 0 Å². The van der Waals surface area contributed by atoms with E-state index in [4.69, 9.17) is 11.6 Å². The van der Waals surface area contributed by atoms with Crippen LogP contribution in [0.25, 0.3) is 10.9 Å². The number of aromatic nitrogens is 2. The molecule has 1 amide bonds. The Morgan fingerprint density at radius 2 is 1.93 bits per heavy atom. The number of halogens is 1. The first-order valence-corrected chi connectivity index (χ1v) is 9.93. The number of nitrogens with zero attached hydrogens (tertiary/aromatic N) is 3. The highest BCUT2D eigenvalue weighted by Crippen LogP contribution is 2.35. The van der Waals surface area contributed by atoms with Gasteiger partial charge in [0.2, 0.25) is 5.91 Å². The van der Waals surface area contributed by atoms with Gasteiger partial charge in [0.05, 0.1) is 23.3 Å². The number of aryl methyl sites for hydroxylation is 1. The fourth-order valence-corrected chi connectivity index (χ4v) is 3.73. The van der Waals surface area contributed by atoms with E-state index < -0.39 is 0 Å². The molecule has 1 saturated carbocycles. The Morgan fingerprint density at radius 1 is 1.21 bits per heavy atom. The van der Waals surface area contributed by atoms with Crippen molar-refractivity contribution in [2.45, 2.75) is 44.8 Å². The molecule has 1 fully saturated rings. The molecule has 2 aromatic carbocycles. The standard InChI is InChI=1S/C22H22ClN3O2/c1-15(16-6-8-17(23)9-7-16)26(18-10-11-18)21(27)12-13-25-14-24-20-5-3-2-4-19(20)22(25)28/h2-9,14-15,18H,10-13H2,1H3. The number of carbonyl (C=O) groups is 1. The van der Waals surface area contributed by atoms with Crippen molar-refractivity contribution in [3.05, 3.63) is 75.8 Å².